The average molecular weight is 948 g/mol. The van der Waals surface area contributed by atoms with Crippen LogP contribution >= 0.6 is 7.26 Å². The first kappa shape index (κ1) is 51.5. The van der Waals surface area contributed by atoms with Crippen molar-refractivity contribution in [2.45, 2.75) is 125 Å². The Balaban J connectivity index is 1.42. The molecule has 0 heterocycles. The molecule has 70 heavy (non-hydrogen) atoms. The predicted molar refractivity (Wildman–Crippen MR) is 299 cm³/mol. The number of benzene rings is 7. The minimum absolute atomic E-state index is 0.255. The van der Waals surface area contributed by atoms with E-state index in [1.807, 2.05) is 0 Å². The maximum atomic E-state index is 12.6. The molecule has 0 amide bonds. The van der Waals surface area contributed by atoms with Gasteiger partial charge in [0.2, 0.25) is 0 Å². The summed E-state index contributed by atoms with van der Waals surface area (Å²) in [5.74, 6) is 0.690. The minimum Gasteiger partial charge on any atom is -0.426 e. The van der Waals surface area contributed by atoms with Crippen LogP contribution in [0.2, 0.25) is 0 Å². The van der Waals surface area contributed by atoms with E-state index in [2.05, 4.69) is 253 Å². The van der Waals surface area contributed by atoms with Gasteiger partial charge in [-0.25, -0.2) is 0 Å². The van der Waals surface area contributed by atoms with Crippen LogP contribution in [0.4, 0.5) is 0 Å². The molecule has 0 aromatic heterocycles. The number of ether oxygens (including phenoxy) is 2. The lowest BCUT2D eigenvalue weighted by molar-refractivity contribution is -0.133. The van der Waals surface area contributed by atoms with Crippen LogP contribution in [0.15, 0.2) is 158 Å². The summed E-state index contributed by atoms with van der Waals surface area (Å²) in [7, 11) is -2.31. The number of carbonyl (C=O) groups excluding carboxylic acids is 2. The normalized spacial score (nSPS) is 12.5. The van der Waals surface area contributed by atoms with Gasteiger partial charge in [-0.05, 0) is 127 Å². The van der Waals surface area contributed by atoms with Crippen molar-refractivity contribution in [3.8, 4) is 33.8 Å². The van der Waals surface area contributed by atoms with E-state index in [-0.39, 0.29) is 33.6 Å². The van der Waals surface area contributed by atoms with Gasteiger partial charge < -0.3 is 9.47 Å². The highest BCUT2D eigenvalue weighted by atomic mass is 31.2. The fourth-order valence-electron chi connectivity index (χ4n) is 9.41. The van der Waals surface area contributed by atoms with Gasteiger partial charge in [-0.15, -0.1) is 0 Å². The average Bonchev–Trinajstić information content (AvgIpc) is 3.29. The number of rotatable bonds is 11. The van der Waals surface area contributed by atoms with E-state index in [1.165, 1.54) is 35.3 Å². The van der Waals surface area contributed by atoms with Crippen LogP contribution in [0.3, 0.4) is 0 Å². The van der Waals surface area contributed by atoms with E-state index in [0.29, 0.717) is 11.5 Å². The number of esters is 2. The van der Waals surface area contributed by atoms with E-state index in [4.69, 9.17) is 9.47 Å². The third-order valence-electron chi connectivity index (χ3n) is 13.1. The Hall–Kier alpha value is -6.35. The summed E-state index contributed by atoms with van der Waals surface area (Å²) in [5.41, 5.74) is 10.8. The van der Waals surface area contributed by atoms with E-state index in [9.17, 15) is 9.59 Å². The molecular weight excluding hydrogens is 876 g/mol. The highest BCUT2D eigenvalue weighted by Crippen LogP contribution is 2.59. The first-order chi connectivity index (χ1) is 32.9. The predicted octanol–water partition coefficient (Wildman–Crippen LogP) is 15.7. The van der Waals surface area contributed by atoms with Gasteiger partial charge in [0, 0.05) is 36.1 Å². The van der Waals surface area contributed by atoms with Gasteiger partial charge >= 0.3 is 11.9 Å². The fraction of sp³-hybridized carbons (Fsp3) is 0.292. The number of hydrogen-bond donors (Lipinski definition) is 0. The highest BCUT2D eigenvalue weighted by Gasteiger charge is 2.46. The quantitative estimate of drug-likeness (QED) is 0.0561. The summed E-state index contributed by atoms with van der Waals surface area (Å²) < 4.78 is 12.0. The van der Waals surface area contributed by atoms with Gasteiger partial charge in [-0.3, -0.25) is 9.59 Å². The molecule has 0 N–H and O–H groups in total. The molecule has 0 fully saturated rings. The SMILES string of the molecule is CC(=O)Oc1c(C(C)(C)C)cc(-c2ccc(/C=C/c3ccc(-c4cc(C(C)(C)C)c(OC(C)=O)c(C(C)(C)C)c4)cc3C[P+](c3ccccc3)(c3ccccc3)c3ccccc3)cc2)cc1C(C)(C)C. The van der Waals surface area contributed by atoms with E-state index < -0.39 is 7.26 Å². The molecule has 7 aromatic rings. The van der Waals surface area contributed by atoms with Crippen molar-refractivity contribution in [1.82, 2.24) is 0 Å². The molecule has 0 unspecified atom stereocenters. The minimum atomic E-state index is -2.31. The summed E-state index contributed by atoms with van der Waals surface area (Å²) in [6.45, 7) is 29.1. The van der Waals surface area contributed by atoms with Crippen LogP contribution in [-0.4, -0.2) is 11.9 Å². The van der Waals surface area contributed by atoms with Crippen LogP contribution in [0.5, 0.6) is 11.5 Å². The summed E-state index contributed by atoms with van der Waals surface area (Å²) >= 11 is 0. The molecule has 360 valence electrons. The monoisotopic (exact) mass is 948 g/mol. The first-order valence-corrected chi connectivity index (χ1v) is 26.6. The summed E-state index contributed by atoms with van der Waals surface area (Å²) in [5, 5.41) is 3.97. The molecule has 0 spiro atoms. The van der Waals surface area contributed by atoms with Crippen molar-refractivity contribution in [2.24, 2.45) is 0 Å². The summed E-state index contributed by atoms with van der Waals surface area (Å²) in [6, 6.07) is 57.8. The Morgan fingerprint density at radius 1 is 0.414 bits per heavy atom. The van der Waals surface area contributed by atoms with Crippen LogP contribution in [0.1, 0.15) is 136 Å². The third kappa shape index (κ3) is 11.5. The molecule has 0 radical (unpaired) electrons. The highest BCUT2D eigenvalue weighted by molar-refractivity contribution is 7.95. The molecule has 0 aliphatic carbocycles. The Labute approximate surface area is 419 Å². The standard InChI is InChI=1S/C65H72O4P/c1-44(66)68-60-56(62(3,4)5)39-50(40-57(60)63(6,7)8)47-33-30-46(31-34-47)32-35-48-36-37-49(51-41-58(64(9,10)11)61(69-45(2)67)59(42-51)65(12,13)14)38-52(48)43-70(53-24-18-15-19-25-53,54-26-20-16-21-27-54)55-28-22-17-23-29-55/h15-42H,43H2,1-14H3/q+1/b35-32+. The van der Waals surface area contributed by atoms with Gasteiger partial charge in [0.15, 0.2) is 0 Å². The zero-order valence-corrected chi connectivity index (χ0v) is 44.8. The second kappa shape index (κ2) is 20.2. The van der Waals surface area contributed by atoms with E-state index in [0.717, 1.165) is 61.8 Å². The molecule has 0 saturated carbocycles. The van der Waals surface area contributed by atoms with Crippen LogP contribution in [0.25, 0.3) is 34.4 Å². The van der Waals surface area contributed by atoms with E-state index in [1.54, 1.807) is 0 Å². The van der Waals surface area contributed by atoms with Crippen molar-refractivity contribution in [2.75, 3.05) is 0 Å². The molecule has 0 bridgehead atoms. The lowest BCUT2D eigenvalue weighted by Crippen LogP contribution is -2.32. The number of carbonyl (C=O) groups is 2. The van der Waals surface area contributed by atoms with E-state index >= 15 is 0 Å². The van der Waals surface area contributed by atoms with Gasteiger partial charge in [0.25, 0.3) is 0 Å². The Morgan fingerprint density at radius 2 is 0.757 bits per heavy atom. The molecule has 0 aliphatic heterocycles. The summed E-state index contributed by atoms with van der Waals surface area (Å²) in [4.78, 5) is 25.0. The van der Waals surface area contributed by atoms with Crippen LogP contribution < -0.4 is 25.4 Å². The molecule has 4 nitrogen and oxygen atoms in total. The summed E-state index contributed by atoms with van der Waals surface area (Å²) in [6.07, 6.45) is 5.29. The molecular formula is C65H72O4P+. The van der Waals surface area contributed by atoms with Crippen molar-refractivity contribution in [1.29, 1.82) is 0 Å². The molecule has 0 aliphatic rings. The maximum absolute atomic E-state index is 12.6. The molecule has 0 atom stereocenters. The smallest absolute Gasteiger partial charge is 0.308 e. The lowest BCUT2D eigenvalue weighted by Gasteiger charge is -2.30. The Morgan fingerprint density at radius 3 is 1.10 bits per heavy atom. The second-order valence-corrected chi connectivity index (χ2v) is 26.3. The number of hydrogen-bond acceptors (Lipinski definition) is 4. The second-order valence-electron chi connectivity index (χ2n) is 22.8. The molecule has 7 rings (SSSR count). The Kier molecular flexibility index (Phi) is 14.8. The van der Waals surface area contributed by atoms with Gasteiger partial charge in [0.05, 0.1) is 6.16 Å². The largest absolute Gasteiger partial charge is 0.426 e. The van der Waals surface area contributed by atoms with Gasteiger partial charge in [-0.2, -0.15) is 0 Å². The molecule has 7 aromatic carbocycles. The lowest BCUT2D eigenvalue weighted by atomic mass is 9.77. The van der Waals surface area contributed by atoms with Crippen molar-refractivity contribution in [3.63, 3.8) is 0 Å². The third-order valence-corrected chi connectivity index (χ3v) is 17.4. The molecule has 0 saturated heterocycles. The van der Waals surface area contributed by atoms with Gasteiger partial charge in [0.1, 0.15) is 34.7 Å². The molecule has 5 heteroatoms. The first-order valence-electron chi connectivity index (χ1n) is 24.6. The maximum Gasteiger partial charge on any atom is 0.308 e. The zero-order valence-electron chi connectivity index (χ0n) is 44.0. The van der Waals surface area contributed by atoms with Crippen molar-refractivity contribution in [3.05, 3.63) is 197 Å². The van der Waals surface area contributed by atoms with Crippen LogP contribution in [-0.2, 0) is 37.4 Å². The van der Waals surface area contributed by atoms with Crippen molar-refractivity contribution < 1.29 is 19.1 Å². The van der Waals surface area contributed by atoms with Crippen LogP contribution in [0, 0.1) is 0 Å². The van der Waals surface area contributed by atoms with Gasteiger partial charge in [-0.1, -0.05) is 186 Å². The van der Waals surface area contributed by atoms with Crippen molar-refractivity contribution >= 4 is 47.3 Å². The Bertz CT molecular complexity index is 2840. The topological polar surface area (TPSA) is 52.6 Å². The zero-order chi connectivity index (χ0) is 50.8. The fourth-order valence-corrected chi connectivity index (χ4v) is 13.7.